The molecule has 10 heteroatoms. The molecule has 2 aromatic heterocycles. The van der Waals surface area contributed by atoms with Crippen molar-refractivity contribution >= 4 is 11.2 Å². The van der Waals surface area contributed by atoms with Gasteiger partial charge < -0.3 is 19.7 Å². The number of rotatable bonds is 5. The van der Waals surface area contributed by atoms with Crippen molar-refractivity contribution in [3.05, 3.63) is 62.6 Å². The average Bonchev–Trinajstić information content (AvgIpc) is 3.24. The van der Waals surface area contributed by atoms with Gasteiger partial charge in [0.25, 0.3) is 11.1 Å². The van der Waals surface area contributed by atoms with E-state index in [1.54, 1.807) is 15.2 Å². The van der Waals surface area contributed by atoms with Crippen LogP contribution in [-0.4, -0.2) is 57.9 Å². The van der Waals surface area contributed by atoms with Crippen LogP contribution < -0.4 is 25.9 Å². The maximum atomic E-state index is 14.3. The Morgan fingerprint density at radius 2 is 1.91 bits per heavy atom. The second-order valence-corrected chi connectivity index (χ2v) is 9.17. The van der Waals surface area contributed by atoms with Crippen LogP contribution in [0.2, 0.25) is 0 Å². The van der Waals surface area contributed by atoms with Gasteiger partial charge in [-0.15, -0.1) is 0 Å². The van der Waals surface area contributed by atoms with Gasteiger partial charge in [-0.1, -0.05) is 0 Å². The van der Waals surface area contributed by atoms with Crippen LogP contribution in [0, 0.1) is 5.82 Å². The lowest BCUT2D eigenvalue weighted by atomic mass is 10.0. The van der Waals surface area contributed by atoms with E-state index >= 15 is 0 Å². The van der Waals surface area contributed by atoms with Crippen molar-refractivity contribution in [2.24, 2.45) is 0 Å². The van der Waals surface area contributed by atoms with Gasteiger partial charge in [0.1, 0.15) is 24.4 Å². The molecule has 5 heterocycles. The molecule has 3 aliphatic rings. The first-order chi connectivity index (χ1) is 16.6. The number of nitrogens with one attached hydrogen (secondary N) is 1. The van der Waals surface area contributed by atoms with Gasteiger partial charge in [-0.05, 0) is 49.7 Å². The number of ether oxygens (including phenoxy) is 2. The molecule has 178 valence electrons. The van der Waals surface area contributed by atoms with E-state index < -0.39 is 0 Å². The highest BCUT2D eigenvalue weighted by Gasteiger charge is 2.29. The topological polar surface area (TPSA) is 90.6 Å². The zero-order valence-electron chi connectivity index (χ0n) is 18.7. The Balaban J connectivity index is 1.07. The summed E-state index contributed by atoms with van der Waals surface area (Å²) in [4.78, 5) is 31.4. The molecule has 3 aliphatic heterocycles. The lowest BCUT2D eigenvalue weighted by Crippen LogP contribution is -2.44. The third kappa shape index (κ3) is 3.76. The number of hydrogen-bond donors (Lipinski definition) is 1. The number of halogens is 1. The first-order valence-corrected chi connectivity index (χ1v) is 11.7. The fourth-order valence-electron chi connectivity index (χ4n) is 5.31. The average molecular weight is 468 g/mol. The van der Waals surface area contributed by atoms with Gasteiger partial charge in [-0.2, -0.15) is 0 Å². The zero-order valence-corrected chi connectivity index (χ0v) is 18.7. The molecule has 1 aromatic carbocycles. The minimum absolute atomic E-state index is 0.0849. The van der Waals surface area contributed by atoms with Gasteiger partial charge in [-0.25, -0.2) is 9.37 Å². The van der Waals surface area contributed by atoms with Crippen molar-refractivity contribution in [2.45, 2.75) is 38.0 Å². The third-order valence-corrected chi connectivity index (χ3v) is 6.98. The van der Waals surface area contributed by atoms with Crippen LogP contribution in [0.1, 0.15) is 24.4 Å². The molecule has 0 amide bonds. The number of pyridine rings is 1. The Labute approximate surface area is 194 Å². The Hall–Kier alpha value is -3.24. The Kier molecular flexibility index (Phi) is 5.34. The maximum Gasteiger partial charge on any atom is 0.270 e. The molecule has 3 aromatic rings. The van der Waals surface area contributed by atoms with E-state index in [0.29, 0.717) is 55.8 Å². The monoisotopic (exact) mass is 467 g/mol. The van der Waals surface area contributed by atoms with Crippen LogP contribution in [0.4, 0.5) is 4.39 Å². The molecular formula is C24H26FN5O4. The molecule has 0 saturated carbocycles. The lowest BCUT2D eigenvalue weighted by Gasteiger charge is -2.34. The van der Waals surface area contributed by atoms with E-state index in [9.17, 15) is 14.0 Å². The van der Waals surface area contributed by atoms with E-state index in [0.717, 1.165) is 31.5 Å². The fraction of sp³-hybridized carbons (Fsp3) is 0.458. The SMILES string of the molecule is O=c1ccc2ncc(=O)n3c2n1CC3CN1CCC(NCc2cc(F)c3c(c2)OCCO3)CC1. The summed E-state index contributed by atoms with van der Waals surface area (Å²) in [5.41, 5.74) is 1.85. The summed E-state index contributed by atoms with van der Waals surface area (Å²) in [5, 5.41) is 3.53. The van der Waals surface area contributed by atoms with Crippen LogP contribution in [0.15, 0.2) is 40.1 Å². The van der Waals surface area contributed by atoms with Crippen molar-refractivity contribution < 1.29 is 13.9 Å². The summed E-state index contributed by atoms with van der Waals surface area (Å²) in [5.74, 6) is 0.279. The summed E-state index contributed by atoms with van der Waals surface area (Å²) in [6, 6.07) is 6.77. The molecule has 0 aliphatic carbocycles. The zero-order chi connectivity index (χ0) is 23.2. The second kappa shape index (κ2) is 8.52. The van der Waals surface area contributed by atoms with Gasteiger partial charge in [0.05, 0.1) is 12.2 Å². The molecule has 0 spiro atoms. The highest BCUT2D eigenvalue weighted by molar-refractivity contribution is 5.71. The predicted molar refractivity (Wildman–Crippen MR) is 123 cm³/mol. The molecule has 1 fully saturated rings. The number of likely N-dealkylation sites (tertiary alicyclic amines) is 1. The number of fused-ring (bicyclic) bond motifs is 1. The Bertz CT molecular complexity index is 1360. The molecule has 9 nitrogen and oxygen atoms in total. The number of piperidine rings is 1. The smallest absolute Gasteiger partial charge is 0.270 e. The van der Waals surface area contributed by atoms with Crippen LogP contribution in [-0.2, 0) is 13.1 Å². The van der Waals surface area contributed by atoms with Crippen LogP contribution in [0.5, 0.6) is 11.5 Å². The van der Waals surface area contributed by atoms with Crippen molar-refractivity contribution in [3.63, 3.8) is 0 Å². The first kappa shape index (κ1) is 21.3. The van der Waals surface area contributed by atoms with E-state index in [1.165, 1.54) is 18.3 Å². The van der Waals surface area contributed by atoms with Crippen molar-refractivity contribution in [3.8, 4) is 11.5 Å². The summed E-state index contributed by atoms with van der Waals surface area (Å²) in [6.07, 6.45) is 3.24. The normalized spacial score (nSPS) is 20.2. The highest BCUT2D eigenvalue weighted by atomic mass is 19.1. The van der Waals surface area contributed by atoms with E-state index in [2.05, 4.69) is 15.2 Å². The Morgan fingerprint density at radius 1 is 1.09 bits per heavy atom. The number of hydrogen-bond acceptors (Lipinski definition) is 7. The van der Waals surface area contributed by atoms with Crippen molar-refractivity contribution in [2.75, 3.05) is 32.8 Å². The molecule has 1 unspecified atom stereocenters. The van der Waals surface area contributed by atoms with Crippen LogP contribution in [0.25, 0.3) is 11.2 Å². The predicted octanol–water partition coefficient (Wildman–Crippen LogP) is 1.28. The summed E-state index contributed by atoms with van der Waals surface area (Å²) < 4.78 is 28.6. The summed E-state index contributed by atoms with van der Waals surface area (Å²) >= 11 is 0. The molecule has 34 heavy (non-hydrogen) atoms. The maximum absolute atomic E-state index is 14.3. The van der Waals surface area contributed by atoms with Crippen LogP contribution in [0.3, 0.4) is 0 Å². The Morgan fingerprint density at radius 3 is 2.76 bits per heavy atom. The third-order valence-electron chi connectivity index (χ3n) is 6.98. The van der Waals surface area contributed by atoms with Gasteiger partial charge >= 0.3 is 0 Å². The van der Waals surface area contributed by atoms with Gasteiger partial charge in [0, 0.05) is 31.7 Å². The minimum atomic E-state index is -0.388. The molecule has 0 bridgehead atoms. The molecule has 0 radical (unpaired) electrons. The van der Waals surface area contributed by atoms with Gasteiger partial charge in [0.2, 0.25) is 0 Å². The van der Waals surface area contributed by atoms with Gasteiger partial charge in [-0.3, -0.25) is 18.7 Å². The van der Waals surface area contributed by atoms with E-state index in [4.69, 9.17) is 9.47 Å². The molecule has 1 atom stereocenters. The highest BCUT2D eigenvalue weighted by Crippen LogP contribution is 2.34. The molecule has 1 saturated heterocycles. The fourth-order valence-corrected chi connectivity index (χ4v) is 5.31. The summed E-state index contributed by atoms with van der Waals surface area (Å²) in [7, 11) is 0. The number of benzene rings is 1. The molecule has 6 rings (SSSR count). The van der Waals surface area contributed by atoms with E-state index in [1.807, 2.05) is 6.07 Å². The standard InChI is InChI=1S/C24H26FN5O4/c25-18-9-15(10-20-23(18)34-8-7-33-20)11-26-16-3-5-28(6-4-16)13-17-14-29-21(31)2-1-19-24(29)30(17)22(32)12-27-19/h1-2,9-10,12,16-17,26H,3-8,11,13-14H2. The van der Waals surface area contributed by atoms with Crippen molar-refractivity contribution in [1.29, 1.82) is 0 Å². The number of nitrogens with zero attached hydrogens (tertiary/aromatic N) is 4. The van der Waals surface area contributed by atoms with Crippen LogP contribution >= 0.6 is 0 Å². The summed E-state index contributed by atoms with van der Waals surface area (Å²) in [6.45, 7) is 4.33. The van der Waals surface area contributed by atoms with E-state index in [-0.39, 0.29) is 28.7 Å². The van der Waals surface area contributed by atoms with Gasteiger partial charge in [0.15, 0.2) is 17.3 Å². The largest absolute Gasteiger partial charge is 0.486 e. The molecule has 1 N–H and O–H groups in total. The lowest BCUT2D eigenvalue weighted by molar-refractivity contribution is 0.163. The first-order valence-electron chi connectivity index (χ1n) is 11.7. The second-order valence-electron chi connectivity index (χ2n) is 9.17. The molecular weight excluding hydrogens is 441 g/mol. The van der Waals surface area contributed by atoms with Crippen molar-refractivity contribution in [1.82, 2.24) is 24.3 Å². The minimum Gasteiger partial charge on any atom is -0.486 e. The quantitative estimate of drug-likeness (QED) is 0.605. The number of aromatic nitrogens is 3.